The van der Waals surface area contributed by atoms with E-state index in [1.54, 1.807) is 18.5 Å². The summed E-state index contributed by atoms with van der Waals surface area (Å²) in [5.41, 5.74) is 3.45. The zero-order valence-corrected chi connectivity index (χ0v) is 19.5. The van der Waals surface area contributed by atoms with Gasteiger partial charge < -0.3 is 18.9 Å². The smallest absolute Gasteiger partial charge is 0.259 e. The molecule has 0 unspecified atom stereocenters. The predicted octanol–water partition coefficient (Wildman–Crippen LogP) is 3.22. The van der Waals surface area contributed by atoms with Crippen LogP contribution >= 0.6 is 0 Å². The van der Waals surface area contributed by atoms with Crippen LogP contribution < -0.4 is 10.2 Å². The molecule has 7 heteroatoms. The molecule has 2 saturated heterocycles. The fourth-order valence-electron chi connectivity index (χ4n) is 5.72. The zero-order valence-electron chi connectivity index (χ0n) is 19.5. The SMILES string of the molecule is CCn1cc(C(=O)N2CC3(CCOCC3)C2)c(=O)c2cc(OC3Cc4ccccc4C3)ncc21. The minimum absolute atomic E-state index is 0.00249. The van der Waals surface area contributed by atoms with Crippen molar-refractivity contribution in [2.75, 3.05) is 26.3 Å². The summed E-state index contributed by atoms with van der Waals surface area (Å²) >= 11 is 0. The lowest BCUT2D eigenvalue weighted by molar-refractivity contribution is -0.0666. The molecule has 1 amide bonds. The molecule has 7 nitrogen and oxygen atoms in total. The number of rotatable bonds is 4. The Kier molecular flexibility index (Phi) is 5.17. The van der Waals surface area contributed by atoms with Crippen LogP contribution in [0.25, 0.3) is 10.9 Å². The molecule has 176 valence electrons. The highest BCUT2D eigenvalue weighted by atomic mass is 16.5. The van der Waals surface area contributed by atoms with Gasteiger partial charge in [0, 0.05) is 63.4 Å². The number of aromatic nitrogens is 2. The van der Waals surface area contributed by atoms with E-state index in [9.17, 15) is 9.59 Å². The molecular formula is C27H29N3O4. The highest BCUT2D eigenvalue weighted by Gasteiger charge is 2.46. The van der Waals surface area contributed by atoms with Gasteiger partial charge in [0.05, 0.1) is 17.1 Å². The molecule has 0 N–H and O–H groups in total. The van der Waals surface area contributed by atoms with E-state index in [0.29, 0.717) is 30.9 Å². The molecule has 2 fully saturated rings. The third-order valence-corrected chi connectivity index (χ3v) is 7.71. The van der Waals surface area contributed by atoms with Gasteiger partial charge in [-0.3, -0.25) is 9.59 Å². The van der Waals surface area contributed by atoms with Crippen LogP contribution in [0.2, 0.25) is 0 Å². The first-order valence-corrected chi connectivity index (χ1v) is 12.2. The topological polar surface area (TPSA) is 73.7 Å². The highest BCUT2D eigenvalue weighted by molar-refractivity contribution is 5.97. The lowest BCUT2D eigenvalue weighted by atomic mass is 9.73. The van der Waals surface area contributed by atoms with Crippen molar-refractivity contribution < 1.29 is 14.3 Å². The number of fused-ring (bicyclic) bond motifs is 2. The number of hydrogen-bond donors (Lipinski definition) is 0. The van der Waals surface area contributed by atoms with Crippen molar-refractivity contribution in [2.24, 2.45) is 5.41 Å². The van der Waals surface area contributed by atoms with Gasteiger partial charge in [0.25, 0.3) is 5.91 Å². The van der Waals surface area contributed by atoms with Crippen molar-refractivity contribution in [2.45, 2.75) is 45.3 Å². The van der Waals surface area contributed by atoms with E-state index in [0.717, 1.165) is 44.4 Å². The maximum Gasteiger partial charge on any atom is 0.259 e. The fraction of sp³-hybridized carbons (Fsp3) is 0.444. The molecule has 0 radical (unpaired) electrons. The van der Waals surface area contributed by atoms with E-state index in [1.807, 2.05) is 28.5 Å². The summed E-state index contributed by atoms with van der Waals surface area (Å²) in [4.78, 5) is 33.1. The monoisotopic (exact) mass is 459 g/mol. The normalized spacial score (nSPS) is 19.3. The molecule has 1 aliphatic carbocycles. The molecule has 3 aliphatic rings. The Morgan fingerprint density at radius 3 is 2.56 bits per heavy atom. The maximum absolute atomic E-state index is 13.5. The van der Waals surface area contributed by atoms with Gasteiger partial charge in [-0.2, -0.15) is 0 Å². The molecule has 6 rings (SSSR count). The average molecular weight is 460 g/mol. The first kappa shape index (κ1) is 21.4. The van der Waals surface area contributed by atoms with E-state index in [1.165, 1.54) is 11.1 Å². The summed E-state index contributed by atoms with van der Waals surface area (Å²) in [5.74, 6) is 0.247. The van der Waals surface area contributed by atoms with Gasteiger partial charge in [0.15, 0.2) is 0 Å². The molecule has 2 aromatic heterocycles. The Morgan fingerprint density at radius 1 is 1.18 bits per heavy atom. The van der Waals surface area contributed by atoms with Crippen LogP contribution in [0.15, 0.2) is 47.5 Å². The largest absolute Gasteiger partial charge is 0.474 e. The van der Waals surface area contributed by atoms with Gasteiger partial charge in [-0.15, -0.1) is 0 Å². The molecule has 0 atom stereocenters. The van der Waals surface area contributed by atoms with Crippen LogP contribution in [0, 0.1) is 5.41 Å². The molecular weight excluding hydrogens is 430 g/mol. The number of likely N-dealkylation sites (tertiary alicyclic amines) is 1. The van der Waals surface area contributed by atoms with Gasteiger partial charge >= 0.3 is 0 Å². The Hall–Kier alpha value is -3.19. The third kappa shape index (κ3) is 3.59. The standard InChI is InChI=1S/C27H29N3O4/c1-2-29-15-22(26(32)30-16-27(17-30)7-9-33-10-8-27)25(31)21-13-24(28-14-23(21)29)34-20-11-18-5-3-4-6-19(18)12-20/h3-6,13-15,20H,2,7-12,16-17H2,1H3. The van der Waals surface area contributed by atoms with Crippen molar-refractivity contribution >= 4 is 16.8 Å². The highest BCUT2D eigenvalue weighted by Crippen LogP contribution is 2.40. The summed E-state index contributed by atoms with van der Waals surface area (Å²) in [6.45, 7) is 5.54. The number of carbonyl (C=O) groups excluding carboxylic acids is 1. The summed E-state index contributed by atoms with van der Waals surface area (Å²) in [6.07, 6.45) is 6.99. The van der Waals surface area contributed by atoms with Gasteiger partial charge in [-0.1, -0.05) is 24.3 Å². The van der Waals surface area contributed by atoms with Crippen molar-refractivity contribution in [1.29, 1.82) is 0 Å². The lowest BCUT2D eigenvalue weighted by Crippen LogP contribution is -2.60. The Morgan fingerprint density at radius 2 is 1.88 bits per heavy atom. The Labute approximate surface area is 198 Å². The number of pyridine rings is 2. The van der Waals surface area contributed by atoms with Crippen LogP contribution in [0.4, 0.5) is 0 Å². The minimum atomic E-state index is -0.250. The first-order chi connectivity index (χ1) is 16.5. The van der Waals surface area contributed by atoms with Crippen LogP contribution in [-0.4, -0.2) is 52.8 Å². The fourth-order valence-corrected chi connectivity index (χ4v) is 5.72. The predicted molar refractivity (Wildman–Crippen MR) is 128 cm³/mol. The molecule has 34 heavy (non-hydrogen) atoms. The molecule has 0 bridgehead atoms. The third-order valence-electron chi connectivity index (χ3n) is 7.71. The van der Waals surface area contributed by atoms with Crippen molar-refractivity contribution in [3.8, 4) is 5.88 Å². The van der Waals surface area contributed by atoms with Crippen molar-refractivity contribution in [1.82, 2.24) is 14.5 Å². The van der Waals surface area contributed by atoms with E-state index >= 15 is 0 Å². The number of amides is 1. The Bertz CT molecular complexity index is 1290. The van der Waals surface area contributed by atoms with Gasteiger partial charge in [-0.25, -0.2) is 4.98 Å². The molecule has 3 aromatic rings. The number of nitrogens with zero attached hydrogens (tertiary/aromatic N) is 3. The quantitative estimate of drug-likeness (QED) is 0.599. The van der Waals surface area contributed by atoms with Crippen molar-refractivity contribution in [3.63, 3.8) is 0 Å². The van der Waals surface area contributed by atoms with E-state index < -0.39 is 0 Å². The molecule has 1 aromatic carbocycles. The summed E-state index contributed by atoms with van der Waals surface area (Å²) in [5, 5.41) is 0.481. The van der Waals surface area contributed by atoms with Gasteiger partial charge in [0.2, 0.25) is 11.3 Å². The average Bonchev–Trinajstić information content (AvgIpc) is 3.25. The second kappa shape index (κ2) is 8.24. The number of aryl methyl sites for hydroxylation is 1. The van der Waals surface area contributed by atoms with E-state index in [4.69, 9.17) is 9.47 Å². The van der Waals surface area contributed by atoms with Gasteiger partial charge in [0.1, 0.15) is 11.7 Å². The van der Waals surface area contributed by atoms with E-state index in [2.05, 4.69) is 17.1 Å². The molecule has 4 heterocycles. The maximum atomic E-state index is 13.5. The number of hydrogen-bond acceptors (Lipinski definition) is 5. The van der Waals surface area contributed by atoms with E-state index in [-0.39, 0.29) is 28.4 Å². The van der Waals surface area contributed by atoms with Crippen LogP contribution in [-0.2, 0) is 24.1 Å². The summed E-state index contributed by atoms with van der Waals surface area (Å²) < 4.78 is 13.6. The zero-order chi connectivity index (χ0) is 23.3. The lowest BCUT2D eigenvalue weighted by Gasteiger charge is -2.52. The van der Waals surface area contributed by atoms with Crippen LogP contribution in [0.5, 0.6) is 5.88 Å². The Balaban J connectivity index is 1.27. The van der Waals surface area contributed by atoms with Crippen LogP contribution in [0.3, 0.4) is 0 Å². The second-order valence-corrected chi connectivity index (χ2v) is 9.89. The second-order valence-electron chi connectivity index (χ2n) is 9.89. The van der Waals surface area contributed by atoms with Crippen LogP contribution in [0.1, 0.15) is 41.3 Å². The summed E-state index contributed by atoms with van der Waals surface area (Å²) in [6, 6.07) is 10.1. The van der Waals surface area contributed by atoms with Crippen molar-refractivity contribution in [3.05, 3.63) is 69.6 Å². The molecule has 2 aliphatic heterocycles. The number of benzene rings is 1. The number of ether oxygens (including phenoxy) is 2. The first-order valence-electron chi connectivity index (χ1n) is 12.2. The van der Waals surface area contributed by atoms with Gasteiger partial charge in [-0.05, 0) is 30.9 Å². The minimum Gasteiger partial charge on any atom is -0.474 e. The number of carbonyl (C=O) groups is 1. The molecule has 1 spiro atoms. The molecule has 0 saturated carbocycles. The summed E-state index contributed by atoms with van der Waals surface area (Å²) in [7, 11) is 0.